The molecule has 1 fully saturated rings. The van der Waals surface area contributed by atoms with E-state index < -0.39 is 5.91 Å². The minimum absolute atomic E-state index is 0.345. The summed E-state index contributed by atoms with van der Waals surface area (Å²) in [5, 5.41) is 0. The van der Waals surface area contributed by atoms with Crippen LogP contribution >= 0.6 is 0 Å². The second-order valence-corrected chi connectivity index (χ2v) is 6.07. The van der Waals surface area contributed by atoms with E-state index in [0.29, 0.717) is 11.2 Å². The van der Waals surface area contributed by atoms with Gasteiger partial charge in [-0.3, -0.25) is 9.20 Å². The quantitative estimate of drug-likeness (QED) is 0.804. The maximum atomic E-state index is 11.8. The molecule has 6 heteroatoms. The monoisotopic (exact) mass is 321 g/mol. The molecule has 1 amide bonds. The Morgan fingerprint density at radius 3 is 2.54 bits per heavy atom. The highest BCUT2D eigenvalue weighted by Gasteiger charge is 2.20. The van der Waals surface area contributed by atoms with Gasteiger partial charge in [0.25, 0.3) is 5.91 Å². The Balaban J connectivity index is 1.90. The number of benzene rings is 1. The highest BCUT2D eigenvalue weighted by molar-refractivity contribution is 5.99. The molecule has 24 heavy (non-hydrogen) atoms. The number of amides is 1. The number of piperidine rings is 1. The van der Waals surface area contributed by atoms with E-state index in [4.69, 9.17) is 5.73 Å². The lowest BCUT2D eigenvalue weighted by Gasteiger charge is -2.28. The molecule has 0 atom stereocenters. The van der Waals surface area contributed by atoms with Crippen molar-refractivity contribution in [3.8, 4) is 11.3 Å². The van der Waals surface area contributed by atoms with Crippen LogP contribution < -0.4 is 10.6 Å². The van der Waals surface area contributed by atoms with Crippen LogP contribution in [0.1, 0.15) is 29.6 Å². The van der Waals surface area contributed by atoms with Crippen molar-refractivity contribution < 1.29 is 4.79 Å². The van der Waals surface area contributed by atoms with Gasteiger partial charge in [0.2, 0.25) is 5.95 Å². The first-order valence-electron chi connectivity index (χ1n) is 8.22. The Kier molecular flexibility index (Phi) is 3.65. The molecule has 2 aromatic heterocycles. The Bertz CT molecular complexity index is 881. The molecule has 122 valence electrons. The van der Waals surface area contributed by atoms with Crippen LogP contribution in [0.5, 0.6) is 0 Å². The van der Waals surface area contributed by atoms with Gasteiger partial charge in [-0.05, 0) is 19.3 Å². The molecule has 1 aromatic carbocycles. The maximum Gasteiger partial charge on any atom is 0.254 e. The normalized spacial score (nSPS) is 14.9. The smallest absolute Gasteiger partial charge is 0.254 e. The third-order valence-corrected chi connectivity index (χ3v) is 4.45. The van der Waals surface area contributed by atoms with Gasteiger partial charge in [-0.15, -0.1) is 0 Å². The summed E-state index contributed by atoms with van der Waals surface area (Å²) in [4.78, 5) is 23.2. The number of rotatable bonds is 3. The lowest BCUT2D eigenvalue weighted by atomic mass is 10.1. The van der Waals surface area contributed by atoms with E-state index in [1.165, 1.54) is 6.42 Å². The molecular formula is C18H19N5O. The average molecular weight is 321 g/mol. The van der Waals surface area contributed by atoms with Crippen molar-refractivity contribution in [2.45, 2.75) is 19.3 Å². The number of hydrogen-bond acceptors (Lipinski definition) is 4. The molecule has 1 aliphatic heterocycles. The first-order chi connectivity index (χ1) is 11.7. The van der Waals surface area contributed by atoms with Crippen LogP contribution in [-0.2, 0) is 0 Å². The molecule has 0 aliphatic carbocycles. The van der Waals surface area contributed by atoms with Gasteiger partial charge in [-0.1, -0.05) is 30.3 Å². The van der Waals surface area contributed by atoms with E-state index in [9.17, 15) is 4.79 Å². The number of nitrogens with zero attached hydrogens (tertiary/aromatic N) is 4. The van der Waals surface area contributed by atoms with E-state index in [0.717, 1.165) is 43.1 Å². The lowest BCUT2D eigenvalue weighted by molar-refractivity contribution is 0.100. The number of carbonyl (C=O) groups excluding carboxylic acids is 1. The van der Waals surface area contributed by atoms with E-state index in [1.54, 1.807) is 6.20 Å². The van der Waals surface area contributed by atoms with E-state index in [-0.39, 0.29) is 0 Å². The predicted molar refractivity (Wildman–Crippen MR) is 93.0 cm³/mol. The molecule has 0 unspecified atom stereocenters. The Morgan fingerprint density at radius 2 is 1.83 bits per heavy atom. The molecule has 0 bridgehead atoms. The van der Waals surface area contributed by atoms with Gasteiger partial charge in [0.15, 0.2) is 5.65 Å². The number of hydrogen-bond donors (Lipinski definition) is 1. The number of imidazole rings is 1. The summed E-state index contributed by atoms with van der Waals surface area (Å²) in [6.07, 6.45) is 7.04. The minimum Gasteiger partial charge on any atom is -0.365 e. The molecule has 0 saturated carbocycles. The van der Waals surface area contributed by atoms with Crippen LogP contribution in [0.2, 0.25) is 0 Å². The van der Waals surface area contributed by atoms with E-state index in [1.807, 2.05) is 40.9 Å². The summed E-state index contributed by atoms with van der Waals surface area (Å²) >= 11 is 0. The summed E-state index contributed by atoms with van der Waals surface area (Å²) in [6.45, 7) is 1.94. The van der Waals surface area contributed by atoms with Crippen LogP contribution in [0.3, 0.4) is 0 Å². The van der Waals surface area contributed by atoms with E-state index >= 15 is 0 Å². The fourth-order valence-corrected chi connectivity index (χ4v) is 3.21. The SMILES string of the molecule is NC(=O)c1cnc(N2CCCCC2)n2cc(-c3ccccc3)nc12. The van der Waals surface area contributed by atoms with Crippen molar-refractivity contribution in [3.05, 3.63) is 48.3 Å². The molecule has 1 saturated heterocycles. The molecule has 0 spiro atoms. The van der Waals surface area contributed by atoms with Gasteiger partial charge in [0.1, 0.15) is 5.56 Å². The fraction of sp³-hybridized carbons (Fsp3) is 0.278. The van der Waals surface area contributed by atoms with Crippen molar-refractivity contribution in [3.63, 3.8) is 0 Å². The maximum absolute atomic E-state index is 11.8. The number of primary amides is 1. The van der Waals surface area contributed by atoms with Crippen molar-refractivity contribution in [1.82, 2.24) is 14.4 Å². The van der Waals surface area contributed by atoms with Crippen LogP contribution in [0.25, 0.3) is 16.9 Å². The molecule has 1 aliphatic rings. The van der Waals surface area contributed by atoms with Crippen molar-refractivity contribution in [2.75, 3.05) is 18.0 Å². The van der Waals surface area contributed by atoms with Gasteiger partial charge in [-0.25, -0.2) is 9.97 Å². The first-order valence-corrected chi connectivity index (χ1v) is 8.22. The van der Waals surface area contributed by atoms with Gasteiger partial charge in [0.05, 0.1) is 5.69 Å². The summed E-state index contributed by atoms with van der Waals surface area (Å²) in [7, 11) is 0. The second kappa shape index (κ2) is 5.96. The zero-order valence-corrected chi connectivity index (χ0v) is 13.4. The second-order valence-electron chi connectivity index (χ2n) is 6.07. The number of aromatic nitrogens is 3. The summed E-state index contributed by atoms with van der Waals surface area (Å²) in [5.41, 5.74) is 8.23. The topological polar surface area (TPSA) is 76.5 Å². The Hall–Kier alpha value is -2.89. The highest BCUT2D eigenvalue weighted by atomic mass is 16.1. The van der Waals surface area contributed by atoms with Crippen molar-refractivity contribution in [2.24, 2.45) is 5.73 Å². The summed E-state index contributed by atoms with van der Waals surface area (Å²) < 4.78 is 1.90. The van der Waals surface area contributed by atoms with Crippen LogP contribution in [0.15, 0.2) is 42.7 Å². The zero-order chi connectivity index (χ0) is 16.5. The molecule has 3 aromatic rings. The van der Waals surface area contributed by atoms with Crippen LogP contribution in [-0.4, -0.2) is 33.4 Å². The third kappa shape index (κ3) is 2.50. The summed E-state index contributed by atoms with van der Waals surface area (Å²) in [5.74, 6) is 0.312. The highest BCUT2D eigenvalue weighted by Crippen LogP contribution is 2.25. The number of fused-ring (bicyclic) bond motifs is 1. The molecule has 0 radical (unpaired) electrons. The Labute approximate surface area is 139 Å². The predicted octanol–water partition coefficient (Wildman–Crippen LogP) is 2.49. The largest absolute Gasteiger partial charge is 0.365 e. The van der Waals surface area contributed by atoms with Crippen LogP contribution in [0.4, 0.5) is 5.95 Å². The summed E-state index contributed by atoms with van der Waals surface area (Å²) in [6, 6.07) is 9.91. The molecule has 3 heterocycles. The van der Waals surface area contributed by atoms with Crippen LogP contribution in [0, 0.1) is 0 Å². The standard InChI is InChI=1S/C18H19N5O/c19-16(24)14-11-20-18(22-9-5-2-6-10-22)23-12-15(21-17(14)23)13-7-3-1-4-8-13/h1,3-4,7-8,11-12H,2,5-6,9-10H2,(H2,19,24). The number of carbonyl (C=O) groups is 1. The fourth-order valence-electron chi connectivity index (χ4n) is 3.21. The van der Waals surface area contributed by atoms with Gasteiger partial charge >= 0.3 is 0 Å². The average Bonchev–Trinajstić information content (AvgIpc) is 3.07. The van der Waals surface area contributed by atoms with Gasteiger partial charge in [0, 0.05) is 31.0 Å². The number of nitrogens with two attached hydrogens (primary N) is 1. The van der Waals surface area contributed by atoms with Gasteiger partial charge in [-0.2, -0.15) is 0 Å². The van der Waals surface area contributed by atoms with Crippen molar-refractivity contribution in [1.29, 1.82) is 0 Å². The molecule has 4 rings (SSSR count). The first kappa shape index (κ1) is 14.7. The molecule has 2 N–H and O–H groups in total. The van der Waals surface area contributed by atoms with Gasteiger partial charge < -0.3 is 10.6 Å². The molecule has 6 nitrogen and oxygen atoms in total. The minimum atomic E-state index is -0.511. The van der Waals surface area contributed by atoms with E-state index in [2.05, 4.69) is 14.9 Å². The number of anilines is 1. The lowest BCUT2D eigenvalue weighted by Crippen LogP contribution is -2.32. The zero-order valence-electron chi connectivity index (χ0n) is 13.4. The molecular weight excluding hydrogens is 302 g/mol. The third-order valence-electron chi connectivity index (χ3n) is 4.45. The van der Waals surface area contributed by atoms with Crippen molar-refractivity contribution >= 4 is 17.5 Å². The Morgan fingerprint density at radius 1 is 1.08 bits per heavy atom.